The zero-order chi connectivity index (χ0) is 14.7. The zero-order valence-electron chi connectivity index (χ0n) is 11.3. The van der Waals surface area contributed by atoms with Gasteiger partial charge in [0.2, 0.25) is 0 Å². The van der Waals surface area contributed by atoms with Crippen molar-refractivity contribution in [2.24, 2.45) is 5.84 Å². The highest BCUT2D eigenvalue weighted by atomic mass is 32.2. The third-order valence-electron chi connectivity index (χ3n) is 3.22. The van der Waals surface area contributed by atoms with E-state index in [0.717, 1.165) is 4.90 Å². The maximum absolute atomic E-state index is 14.2. The van der Waals surface area contributed by atoms with Gasteiger partial charge in [0, 0.05) is 10.5 Å². The van der Waals surface area contributed by atoms with Crippen LogP contribution in [-0.2, 0) is 0 Å². The van der Waals surface area contributed by atoms with Crippen molar-refractivity contribution >= 4 is 11.8 Å². The summed E-state index contributed by atoms with van der Waals surface area (Å²) in [7, 11) is 0. The van der Waals surface area contributed by atoms with Gasteiger partial charge in [0.1, 0.15) is 11.6 Å². The van der Waals surface area contributed by atoms with Crippen LogP contribution in [0.15, 0.2) is 41.3 Å². The van der Waals surface area contributed by atoms with Crippen molar-refractivity contribution in [2.75, 3.05) is 6.26 Å². The molecule has 0 bridgehead atoms. The Morgan fingerprint density at radius 1 is 1.10 bits per heavy atom. The van der Waals surface area contributed by atoms with Crippen LogP contribution in [0.3, 0.4) is 0 Å². The molecule has 5 heteroatoms. The third kappa shape index (κ3) is 2.85. The molecule has 3 N–H and O–H groups in total. The predicted molar refractivity (Wildman–Crippen MR) is 78.5 cm³/mol. The SMILES string of the molecule is CSc1ccc(C(NN)c2c(F)ccc(C)c2F)cc1. The van der Waals surface area contributed by atoms with Gasteiger partial charge in [-0.05, 0) is 42.5 Å². The molecule has 2 nitrogen and oxygen atoms in total. The lowest BCUT2D eigenvalue weighted by atomic mass is 9.96. The molecule has 0 radical (unpaired) electrons. The van der Waals surface area contributed by atoms with E-state index in [-0.39, 0.29) is 5.56 Å². The number of hydrazine groups is 1. The Balaban J connectivity index is 2.49. The highest BCUT2D eigenvalue weighted by Crippen LogP contribution is 2.29. The van der Waals surface area contributed by atoms with E-state index in [1.165, 1.54) is 12.1 Å². The fraction of sp³-hybridized carbons (Fsp3) is 0.200. The lowest BCUT2D eigenvalue weighted by molar-refractivity contribution is 0.506. The Labute approximate surface area is 121 Å². The van der Waals surface area contributed by atoms with Gasteiger partial charge in [-0.25, -0.2) is 14.2 Å². The number of rotatable bonds is 4. The van der Waals surface area contributed by atoms with E-state index in [4.69, 9.17) is 5.84 Å². The minimum absolute atomic E-state index is 0.0515. The average Bonchev–Trinajstić information content (AvgIpc) is 2.48. The second kappa shape index (κ2) is 6.35. The molecule has 2 aromatic rings. The molecule has 1 unspecified atom stereocenters. The van der Waals surface area contributed by atoms with E-state index < -0.39 is 17.7 Å². The van der Waals surface area contributed by atoms with Crippen LogP contribution in [-0.4, -0.2) is 6.26 Å². The monoisotopic (exact) mass is 294 g/mol. The van der Waals surface area contributed by atoms with Crippen LogP contribution < -0.4 is 11.3 Å². The number of nitrogens with two attached hydrogens (primary N) is 1. The number of halogens is 2. The summed E-state index contributed by atoms with van der Waals surface area (Å²) in [6.07, 6.45) is 1.97. The van der Waals surface area contributed by atoms with Crippen molar-refractivity contribution in [3.8, 4) is 0 Å². The molecule has 106 valence electrons. The van der Waals surface area contributed by atoms with Gasteiger partial charge in [-0.1, -0.05) is 18.2 Å². The summed E-state index contributed by atoms with van der Waals surface area (Å²) in [5, 5.41) is 0. The van der Waals surface area contributed by atoms with Crippen LogP contribution in [0.2, 0.25) is 0 Å². The van der Waals surface area contributed by atoms with E-state index in [0.29, 0.717) is 11.1 Å². The first-order chi connectivity index (χ1) is 9.58. The molecule has 0 fully saturated rings. The summed E-state index contributed by atoms with van der Waals surface area (Å²) in [6.45, 7) is 1.60. The Morgan fingerprint density at radius 2 is 1.75 bits per heavy atom. The number of nitrogens with one attached hydrogen (secondary N) is 1. The Morgan fingerprint density at radius 3 is 2.30 bits per heavy atom. The van der Waals surface area contributed by atoms with Gasteiger partial charge in [-0.3, -0.25) is 5.84 Å². The molecule has 0 amide bonds. The molecule has 2 aromatic carbocycles. The standard InChI is InChI=1S/C15H16F2N2S/c1-9-3-8-12(16)13(14(9)17)15(19-18)10-4-6-11(20-2)7-5-10/h3-8,15,19H,18H2,1-2H3. The maximum atomic E-state index is 14.2. The molecular weight excluding hydrogens is 278 g/mol. The highest BCUT2D eigenvalue weighted by molar-refractivity contribution is 7.98. The van der Waals surface area contributed by atoms with Crippen molar-refractivity contribution in [1.82, 2.24) is 5.43 Å². The quantitative estimate of drug-likeness (QED) is 0.514. The van der Waals surface area contributed by atoms with Crippen LogP contribution in [0.1, 0.15) is 22.7 Å². The van der Waals surface area contributed by atoms with Crippen molar-refractivity contribution in [3.05, 3.63) is 64.7 Å². The van der Waals surface area contributed by atoms with Gasteiger partial charge in [-0.15, -0.1) is 11.8 Å². The molecular formula is C15H16F2N2S. The number of hydrogen-bond acceptors (Lipinski definition) is 3. The normalized spacial score (nSPS) is 12.4. The van der Waals surface area contributed by atoms with Gasteiger partial charge in [0.05, 0.1) is 6.04 Å². The maximum Gasteiger partial charge on any atom is 0.134 e. The Bertz CT molecular complexity index is 600. The number of aryl methyl sites for hydroxylation is 1. The summed E-state index contributed by atoms with van der Waals surface area (Å²) in [5.41, 5.74) is 3.55. The molecule has 1 atom stereocenters. The van der Waals surface area contributed by atoms with Crippen LogP contribution in [0.25, 0.3) is 0 Å². The predicted octanol–water partition coefficient (Wildman–Crippen LogP) is 3.55. The molecule has 20 heavy (non-hydrogen) atoms. The molecule has 0 saturated heterocycles. The van der Waals surface area contributed by atoms with E-state index in [1.807, 2.05) is 30.5 Å². The molecule has 0 spiro atoms. The molecule has 0 aliphatic rings. The van der Waals surface area contributed by atoms with Crippen LogP contribution in [0.4, 0.5) is 8.78 Å². The van der Waals surface area contributed by atoms with E-state index in [2.05, 4.69) is 5.43 Å². The number of hydrogen-bond donors (Lipinski definition) is 2. The van der Waals surface area contributed by atoms with Gasteiger partial charge in [-0.2, -0.15) is 0 Å². The third-order valence-corrected chi connectivity index (χ3v) is 3.97. The Hall–Kier alpha value is -1.43. The topological polar surface area (TPSA) is 38.0 Å². The van der Waals surface area contributed by atoms with Crippen molar-refractivity contribution in [3.63, 3.8) is 0 Å². The first-order valence-electron chi connectivity index (χ1n) is 6.13. The first-order valence-corrected chi connectivity index (χ1v) is 7.35. The first kappa shape index (κ1) is 15.0. The molecule has 0 aliphatic carbocycles. The minimum Gasteiger partial charge on any atom is -0.271 e. The summed E-state index contributed by atoms with van der Waals surface area (Å²) >= 11 is 1.60. The van der Waals surface area contributed by atoms with Crippen molar-refractivity contribution in [1.29, 1.82) is 0 Å². The number of benzene rings is 2. The van der Waals surface area contributed by atoms with Gasteiger partial charge in [0.25, 0.3) is 0 Å². The van der Waals surface area contributed by atoms with E-state index in [9.17, 15) is 8.78 Å². The van der Waals surface area contributed by atoms with Crippen LogP contribution in [0.5, 0.6) is 0 Å². The van der Waals surface area contributed by atoms with Crippen LogP contribution >= 0.6 is 11.8 Å². The van der Waals surface area contributed by atoms with Crippen molar-refractivity contribution in [2.45, 2.75) is 17.9 Å². The smallest absolute Gasteiger partial charge is 0.134 e. The molecule has 0 saturated carbocycles. The fourth-order valence-corrected chi connectivity index (χ4v) is 2.49. The molecule has 0 heterocycles. The largest absolute Gasteiger partial charge is 0.271 e. The molecule has 2 rings (SSSR count). The van der Waals surface area contributed by atoms with E-state index >= 15 is 0 Å². The van der Waals surface area contributed by atoms with Gasteiger partial charge >= 0.3 is 0 Å². The van der Waals surface area contributed by atoms with E-state index in [1.54, 1.807) is 18.7 Å². The molecule has 0 aromatic heterocycles. The number of thioether (sulfide) groups is 1. The summed E-state index contributed by atoms with van der Waals surface area (Å²) < 4.78 is 28.1. The second-order valence-corrected chi connectivity index (χ2v) is 5.34. The highest BCUT2D eigenvalue weighted by Gasteiger charge is 2.22. The fourth-order valence-electron chi connectivity index (χ4n) is 2.09. The van der Waals surface area contributed by atoms with Crippen LogP contribution in [0, 0.1) is 18.6 Å². The van der Waals surface area contributed by atoms with Gasteiger partial charge < -0.3 is 0 Å². The summed E-state index contributed by atoms with van der Waals surface area (Å²) in [4.78, 5) is 1.08. The van der Waals surface area contributed by atoms with Crippen molar-refractivity contribution < 1.29 is 8.78 Å². The summed E-state index contributed by atoms with van der Waals surface area (Å²) in [5.74, 6) is 4.33. The molecule has 0 aliphatic heterocycles. The van der Waals surface area contributed by atoms with Gasteiger partial charge in [0.15, 0.2) is 0 Å². The zero-order valence-corrected chi connectivity index (χ0v) is 12.1. The Kier molecular flexibility index (Phi) is 4.75. The average molecular weight is 294 g/mol. The lowest BCUT2D eigenvalue weighted by Gasteiger charge is -2.19. The lowest BCUT2D eigenvalue weighted by Crippen LogP contribution is -2.30. The summed E-state index contributed by atoms with van der Waals surface area (Å²) in [6, 6.07) is 9.39. The minimum atomic E-state index is -0.717. The second-order valence-electron chi connectivity index (χ2n) is 4.46.